The standard InChI is InChI=1S/C36H38Cl2N4O7S/c1-24(2)21-39-36(44)34(18-26-8-6-5-7-9-26)40(22-27-11-12-28(37)19-32(27)38)35(43)23-41(29-13-15-30(49-4)16-14-29)50(47,48)31-17-10-25(3)33(20-31)42(45)46/h5-17,19-20,24,34H,18,21-23H2,1-4H3,(H,39,44)/t34-/m0/s1. The monoisotopic (exact) mass is 740 g/mol. The zero-order chi connectivity index (χ0) is 36.6. The summed E-state index contributed by atoms with van der Waals surface area (Å²) in [5, 5.41) is 15.3. The molecule has 0 spiro atoms. The highest BCUT2D eigenvalue weighted by Gasteiger charge is 2.35. The predicted molar refractivity (Wildman–Crippen MR) is 194 cm³/mol. The number of nitrogens with zero attached hydrogens (tertiary/aromatic N) is 3. The number of carbonyl (C=O) groups excluding carboxylic acids is 2. The van der Waals surface area contributed by atoms with E-state index in [1.165, 1.54) is 61.4 Å². The van der Waals surface area contributed by atoms with Crippen molar-refractivity contribution in [2.75, 3.05) is 24.5 Å². The van der Waals surface area contributed by atoms with Crippen molar-refractivity contribution in [1.29, 1.82) is 0 Å². The summed E-state index contributed by atoms with van der Waals surface area (Å²) < 4.78 is 34.8. The van der Waals surface area contributed by atoms with Crippen LogP contribution >= 0.6 is 23.2 Å². The van der Waals surface area contributed by atoms with Crippen molar-refractivity contribution in [1.82, 2.24) is 10.2 Å². The van der Waals surface area contributed by atoms with Crippen molar-refractivity contribution >= 4 is 56.4 Å². The fourth-order valence-corrected chi connectivity index (χ4v) is 7.06. The first-order valence-electron chi connectivity index (χ1n) is 15.7. The fourth-order valence-electron chi connectivity index (χ4n) is 5.16. The second-order valence-corrected chi connectivity index (χ2v) is 14.7. The van der Waals surface area contributed by atoms with Crippen molar-refractivity contribution in [2.45, 2.75) is 44.7 Å². The number of aryl methyl sites for hydroxylation is 1. The van der Waals surface area contributed by atoms with Gasteiger partial charge in [-0.25, -0.2) is 8.42 Å². The van der Waals surface area contributed by atoms with Crippen LogP contribution in [0.4, 0.5) is 11.4 Å². The Kier molecular flexibility index (Phi) is 12.9. The van der Waals surface area contributed by atoms with Crippen molar-refractivity contribution in [2.24, 2.45) is 5.92 Å². The lowest BCUT2D eigenvalue weighted by atomic mass is 10.0. The number of benzene rings is 4. The van der Waals surface area contributed by atoms with E-state index >= 15 is 0 Å². The topological polar surface area (TPSA) is 139 Å². The summed E-state index contributed by atoms with van der Waals surface area (Å²) >= 11 is 12.7. The predicted octanol–water partition coefficient (Wildman–Crippen LogP) is 6.83. The Hall–Kier alpha value is -4.65. The summed E-state index contributed by atoms with van der Waals surface area (Å²) in [5.74, 6) is -0.612. The Morgan fingerprint density at radius 2 is 1.64 bits per heavy atom. The molecule has 0 heterocycles. The molecule has 0 aliphatic heterocycles. The van der Waals surface area contributed by atoms with E-state index in [9.17, 15) is 28.1 Å². The summed E-state index contributed by atoms with van der Waals surface area (Å²) in [7, 11) is -3.14. The number of nitrogens with one attached hydrogen (secondary N) is 1. The highest BCUT2D eigenvalue weighted by molar-refractivity contribution is 7.92. The second kappa shape index (κ2) is 16.8. The molecule has 4 aromatic carbocycles. The number of nitro benzene ring substituents is 1. The minimum atomic E-state index is -4.59. The number of anilines is 1. The average molecular weight is 742 g/mol. The van der Waals surface area contributed by atoms with Crippen LogP contribution < -0.4 is 14.4 Å². The van der Waals surface area contributed by atoms with Gasteiger partial charge in [0.15, 0.2) is 0 Å². The summed E-state index contributed by atoms with van der Waals surface area (Å²) in [5.41, 5.74) is 1.21. The summed E-state index contributed by atoms with van der Waals surface area (Å²) in [6.45, 7) is 4.80. The van der Waals surface area contributed by atoms with Crippen molar-refractivity contribution in [3.05, 3.63) is 128 Å². The maximum atomic E-state index is 14.7. The SMILES string of the molecule is COc1ccc(N(CC(=O)N(Cc2ccc(Cl)cc2Cl)[C@@H](Cc2ccccc2)C(=O)NCC(C)C)S(=O)(=O)c2ccc(C)c([N+](=O)[O-])c2)cc1. The maximum Gasteiger partial charge on any atom is 0.273 e. The molecule has 0 bridgehead atoms. The molecule has 0 saturated heterocycles. The number of nitro groups is 1. The van der Waals surface area contributed by atoms with Gasteiger partial charge in [0.05, 0.1) is 22.6 Å². The zero-order valence-corrected chi connectivity index (χ0v) is 30.3. The first-order valence-corrected chi connectivity index (χ1v) is 17.9. The van der Waals surface area contributed by atoms with E-state index in [-0.39, 0.29) is 40.1 Å². The molecule has 0 aromatic heterocycles. The fraction of sp³-hybridized carbons (Fsp3) is 0.278. The van der Waals surface area contributed by atoms with E-state index in [1.54, 1.807) is 12.1 Å². The number of sulfonamides is 1. The third-order valence-electron chi connectivity index (χ3n) is 7.92. The summed E-state index contributed by atoms with van der Waals surface area (Å²) in [6.07, 6.45) is 0.112. The smallest absolute Gasteiger partial charge is 0.273 e. The molecule has 4 rings (SSSR count). The Labute approximate surface area is 302 Å². The van der Waals surface area contributed by atoms with Gasteiger partial charge in [0.1, 0.15) is 18.3 Å². The van der Waals surface area contributed by atoms with Crippen LogP contribution in [-0.4, -0.2) is 56.3 Å². The molecule has 0 aliphatic carbocycles. The molecule has 14 heteroatoms. The van der Waals surface area contributed by atoms with Gasteiger partial charge in [-0.05, 0) is 66.4 Å². The zero-order valence-electron chi connectivity index (χ0n) is 28.0. The van der Waals surface area contributed by atoms with Crippen LogP contribution in [0.3, 0.4) is 0 Å². The van der Waals surface area contributed by atoms with E-state index in [0.29, 0.717) is 22.9 Å². The molecule has 264 valence electrons. The Balaban J connectivity index is 1.86. The van der Waals surface area contributed by atoms with Crippen LogP contribution in [0.15, 0.2) is 95.9 Å². The highest BCUT2D eigenvalue weighted by atomic mass is 35.5. The molecule has 0 unspecified atom stereocenters. The number of hydrogen-bond acceptors (Lipinski definition) is 7. The number of hydrogen-bond donors (Lipinski definition) is 1. The van der Waals surface area contributed by atoms with Crippen LogP contribution in [0.5, 0.6) is 5.75 Å². The first-order chi connectivity index (χ1) is 23.7. The van der Waals surface area contributed by atoms with Gasteiger partial charge in [-0.2, -0.15) is 0 Å². The van der Waals surface area contributed by atoms with Gasteiger partial charge in [-0.3, -0.25) is 24.0 Å². The van der Waals surface area contributed by atoms with Crippen molar-refractivity contribution in [3.63, 3.8) is 0 Å². The highest BCUT2D eigenvalue weighted by Crippen LogP contribution is 2.30. The number of ether oxygens (including phenoxy) is 1. The van der Waals surface area contributed by atoms with Gasteiger partial charge in [0.25, 0.3) is 15.7 Å². The van der Waals surface area contributed by atoms with E-state index in [1.807, 2.05) is 44.2 Å². The van der Waals surface area contributed by atoms with E-state index in [4.69, 9.17) is 27.9 Å². The Morgan fingerprint density at radius 1 is 0.960 bits per heavy atom. The number of halogens is 2. The lowest BCUT2D eigenvalue weighted by Crippen LogP contribution is -2.53. The minimum absolute atomic E-state index is 0.0933. The van der Waals surface area contributed by atoms with Gasteiger partial charge in [-0.1, -0.05) is 79.5 Å². The Bertz CT molecular complexity index is 1940. The number of carbonyl (C=O) groups is 2. The van der Waals surface area contributed by atoms with Crippen LogP contribution in [0.2, 0.25) is 10.0 Å². The summed E-state index contributed by atoms with van der Waals surface area (Å²) in [6, 6.07) is 22.4. The van der Waals surface area contributed by atoms with Crippen molar-refractivity contribution in [3.8, 4) is 5.75 Å². The molecular formula is C36H38Cl2N4O7S. The quantitative estimate of drug-likeness (QED) is 0.104. The van der Waals surface area contributed by atoms with Gasteiger partial charge in [0.2, 0.25) is 11.8 Å². The molecule has 0 saturated carbocycles. The normalized spacial score (nSPS) is 11.9. The molecule has 4 aromatic rings. The molecule has 1 atom stereocenters. The molecular weight excluding hydrogens is 703 g/mol. The number of amides is 2. The van der Waals surface area contributed by atoms with Crippen LogP contribution in [0.25, 0.3) is 0 Å². The van der Waals surface area contributed by atoms with Crippen LogP contribution in [-0.2, 0) is 32.6 Å². The van der Waals surface area contributed by atoms with E-state index in [2.05, 4.69) is 5.32 Å². The second-order valence-electron chi connectivity index (χ2n) is 12.0. The van der Waals surface area contributed by atoms with Crippen LogP contribution in [0, 0.1) is 23.0 Å². The van der Waals surface area contributed by atoms with Gasteiger partial charge >= 0.3 is 0 Å². The third-order valence-corrected chi connectivity index (χ3v) is 10.3. The average Bonchev–Trinajstić information content (AvgIpc) is 3.08. The van der Waals surface area contributed by atoms with Gasteiger partial charge < -0.3 is 15.0 Å². The number of rotatable bonds is 15. The molecule has 1 N–H and O–H groups in total. The van der Waals surface area contributed by atoms with Gasteiger partial charge in [0, 0.05) is 41.2 Å². The molecule has 11 nitrogen and oxygen atoms in total. The summed E-state index contributed by atoms with van der Waals surface area (Å²) in [4.78, 5) is 40.6. The molecule has 50 heavy (non-hydrogen) atoms. The van der Waals surface area contributed by atoms with Crippen LogP contribution in [0.1, 0.15) is 30.5 Å². The lowest BCUT2D eigenvalue weighted by molar-refractivity contribution is -0.385. The third kappa shape index (κ3) is 9.52. The Morgan fingerprint density at radius 3 is 2.24 bits per heavy atom. The van der Waals surface area contributed by atoms with Gasteiger partial charge in [-0.15, -0.1) is 0 Å². The van der Waals surface area contributed by atoms with Crippen molar-refractivity contribution < 1.29 is 27.7 Å². The largest absolute Gasteiger partial charge is 0.497 e. The molecule has 2 amide bonds. The first kappa shape index (κ1) is 38.2. The maximum absolute atomic E-state index is 14.7. The lowest BCUT2D eigenvalue weighted by Gasteiger charge is -2.34. The van der Waals surface area contributed by atoms with E-state index < -0.39 is 45.0 Å². The molecule has 0 radical (unpaired) electrons. The minimum Gasteiger partial charge on any atom is -0.497 e. The van der Waals surface area contributed by atoms with E-state index in [0.717, 1.165) is 15.9 Å². The molecule has 0 fully saturated rings. The number of methoxy groups -OCH3 is 1. The molecule has 0 aliphatic rings.